The van der Waals surface area contributed by atoms with Crippen LogP contribution in [0.5, 0.6) is 0 Å². The van der Waals surface area contributed by atoms with E-state index in [4.69, 9.17) is 17.4 Å². The number of piperidine rings is 1. The number of hydrogen-bond donors (Lipinski definition) is 3. The Balaban J connectivity index is 1.35. The van der Waals surface area contributed by atoms with Gasteiger partial charge in [-0.05, 0) is 61.7 Å². The fourth-order valence-electron chi connectivity index (χ4n) is 4.72. The first-order valence-corrected chi connectivity index (χ1v) is 12.9. The Bertz CT molecular complexity index is 1690. The van der Waals surface area contributed by atoms with Gasteiger partial charge in [0.05, 0.1) is 21.8 Å². The van der Waals surface area contributed by atoms with Crippen molar-refractivity contribution in [3.63, 3.8) is 0 Å². The molecule has 1 aliphatic heterocycles. The molecule has 4 N–H and O–H groups in total. The molecule has 0 unspecified atom stereocenters. The summed E-state index contributed by atoms with van der Waals surface area (Å²) < 4.78 is 0. The summed E-state index contributed by atoms with van der Waals surface area (Å²) in [4.78, 5) is 47.2. The zero-order valence-corrected chi connectivity index (χ0v) is 22.0. The standard InChI is InChI=1S/C30H24ClN5O4/c31-24-15-21(29(38)36-14-2-1-3-27(36)28(37)35-32)11-10-19(24)7-4-18-5-8-20(9-6-18)26-16-22(30(39)40)23-17-33-13-12-25(23)34-26/h5-6,8-13,15-17,27H,1-3,14,32H2,(H,35,37)(H,39,40)/t27-/m0/s1. The van der Waals surface area contributed by atoms with Crippen LogP contribution in [0.1, 0.15) is 51.1 Å². The molecule has 1 fully saturated rings. The fourth-order valence-corrected chi connectivity index (χ4v) is 4.94. The number of carboxylic acid groups (broad SMARTS) is 1. The van der Waals surface area contributed by atoms with Gasteiger partial charge in [-0.3, -0.25) is 20.0 Å². The first-order valence-electron chi connectivity index (χ1n) is 12.6. The molecular formula is C30H24ClN5O4. The van der Waals surface area contributed by atoms with Crippen LogP contribution in [0.25, 0.3) is 22.2 Å². The van der Waals surface area contributed by atoms with E-state index >= 15 is 0 Å². The van der Waals surface area contributed by atoms with Gasteiger partial charge >= 0.3 is 5.97 Å². The highest BCUT2D eigenvalue weighted by Crippen LogP contribution is 2.26. The summed E-state index contributed by atoms with van der Waals surface area (Å²) in [5, 5.41) is 10.4. The number of pyridine rings is 2. The monoisotopic (exact) mass is 553 g/mol. The number of hydrogen-bond acceptors (Lipinski definition) is 6. The molecular weight excluding hydrogens is 530 g/mol. The lowest BCUT2D eigenvalue weighted by Crippen LogP contribution is -2.53. The van der Waals surface area contributed by atoms with Crippen molar-refractivity contribution in [2.75, 3.05) is 6.54 Å². The molecule has 0 saturated carbocycles. The van der Waals surface area contributed by atoms with E-state index in [9.17, 15) is 19.5 Å². The topological polar surface area (TPSA) is 139 Å². The number of rotatable bonds is 4. The molecule has 0 bridgehead atoms. The highest BCUT2D eigenvalue weighted by molar-refractivity contribution is 6.32. The Morgan fingerprint density at radius 3 is 2.58 bits per heavy atom. The third-order valence-corrected chi connectivity index (χ3v) is 7.10. The number of nitrogens with zero attached hydrogens (tertiary/aromatic N) is 3. The van der Waals surface area contributed by atoms with Crippen molar-refractivity contribution >= 4 is 40.3 Å². The van der Waals surface area contributed by atoms with Crippen LogP contribution >= 0.6 is 11.6 Å². The van der Waals surface area contributed by atoms with Gasteiger partial charge in [-0.1, -0.05) is 35.6 Å². The van der Waals surface area contributed by atoms with E-state index in [1.807, 2.05) is 24.3 Å². The Hall–Kier alpha value is -4.78. The number of hydrazine groups is 1. The minimum absolute atomic E-state index is 0.131. The molecule has 9 nitrogen and oxygen atoms in total. The summed E-state index contributed by atoms with van der Waals surface area (Å²) in [6.45, 7) is 0.468. The van der Waals surface area contributed by atoms with Crippen molar-refractivity contribution < 1.29 is 19.5 Å². The number of carbonyl (C=O) groups excluding carboxylic acids is 2. The van der Waals surface area contributed by atoms with Crippen LogP contribution in [-0.2, 0) is 4.79 Å². The lowest BCUT2D eigenvalue weighted by atomic mass is 10.00. The SMILES string of the molecule is NNC(=O)[C@@H]1CCCCN1C(=O)c1ccc(C#Cc2ccc(-c3cc(C(=O)O)c4cnccc4n3)cc2)c(Cl)c1. The molecule has 5 rings (SSSR count). The predicted molar refractivity (Wildman–Crippen MR) is 150 cm³/mol. The number of fused-ring (bicyclic) bond motifs is 1. The van der Waals surface area contributed by atoms with Crippen molar-refractivity contribution in [3.05, 3.63) is 94.3 Å². The van der Waals surface area contributed by atoms with E-state index in [0.29, 0.717) is 51.3 Å². The number of aromatic nitrogens is 2. The van der Waals surface area contributed by atoms with Crippen molar-refractivity contribution in [2.24, 2.45) is 5.84 Å². The third-order valence-electron chi connectivity index (χ3n) is 6.79. The van der Waals surface area contributed by atoms with Crippen molar-refractivity contribution in [1.29, 1.82) is 0 Å². The van der Waals surface area contributed by atoms with Crippen molar-refractivity contribution in [1.82, 2.24) is 20.3 Å². The zero-order valence-electron chi connectivity index (χ0n) is 21.2. The molecule has 200 valence electrons. The van der Waals surface area contributed by atoms with Gasteiger partial charge in [0.2, 0.25) is 0 Å². The van der Waals surface area contributed by atoms with Crippen LogP contribution in [0.2, 0.25) is 5.02 Å². The van der Waals surface area contributed by atoms with Crippen LogP contribution in [0.15, 0.2) is 67.0 Å². The normalized spacial score (nSPS) is 14.8. The summed E-state index contributed by atoms with van der Waals surface area (Å²) >= 11 is 6.46. The Morgan fingerprint density at radius 1 is 1.05 bits per heavy atom. The van der Waals surface area contributed by atoms with E-state index in [1.165, 1.54) is 17.2 Å². The molecule has 2 aromatic carbocycles. The number of amides is 2. The Kier molecular flexibility index (Phi) is 7.73. The molecule has 3 heterocycles. The zero-order chi connectivity index (χ0) is 28.2. The van der Waals surface area contributed by atoms with E-state index in [-0.39, 0.29) is 17.4 Å². The van der Waals surface area contributed by atoms with Gasteiger partial charge in [0.25, 0.3) is 11.8 Å². The van der Waals surface area contributed by atoms with E-state index < -0.39 is 12.0 Å². The number of carboxylic acids is 1. The van der Waals surface area contributed by atoms with Crippen LogP contribution in [-0.4, -0.2) is 50.3 Å². The highest BCUT2D eigenvalue weighted by atomic mass is 35.5. The smallest absolute Gasteiger partial charge is 0.336 e. The van der Waals surface area contributed by atoms with Crippen LogP contribution < -0.4 is 11.3 Å². The molecule has 2 amide bonds. The summed E-state index contributed by atoms with van der Waals surface area (Å²) in [7, 11) is 0. The first-order chi connectivity index (χ1) is 19.4. The molecule has 2 aromatic heterocycles. The minimum atomic E-state index is -1.05. The Labute approximate surface area is 235 Å². The lowest BCUT2D eigenvalue weighted by Gasteiger charge is -2.34. The number of nitrogens with two attached hydrogens (primary N) is 1. The highest BCUT2D eigenvalue weighted by Gasteiger charge is 2.32. The third kappa shape index (κ3) is 5.50. The predicted octanol–water partition coefficient (Wildman–Crippen LogP) is 4.03. The molecule has 1 aliphatic rings. The second kappa shape index (κ2) is 11.5. The second-order valence-corrected chi connectivity index (χ2v) is 9.70. The fraction of sp³-hybridized carbons (Fsp3) is 0.167. The maximum absolute atomic E-state index is 13.1. The number of benzene rings is 2. The van der Waals surface area contributed by atoms with E-state index in [1.54, 1.807) is 30.5 Å². The molecule has 40 heavy (non-hydrogen) atoms. The molecule has 0 radical (unpaired) electrons. The quantitative estimate of drug-likeness (QED) is 0.150. The summed E-state index contributed by atoms with van der Waals surface area (Å²) in [6, 6.07) is 14.8. The van der Waals surface area contributed by atoms with Gasteiger partial charge in [0.1, 0.15) is 6.04 Å². The largest absolute Gasteiger partial charge is 0.478 e. The molecule has 4 aromatic rings. The van der Waals surface area contributed by atoms with Gasteiger partial charge in [-0.2, -0.15) is 0 Å². The number of aromatic carboxylic acids is 1. The molecule has 1 atom stereocenters. The Morgan fingerprint density at radius 2 is 1.85 bits per heavy atom. The maximum atomic E-state index is 13.1. The van der Waals surface area contributed by atoms with Gasteiger partial charge in [0.15, 0.2) is 0 Å². The van der Waals surface area contributed by atoms with Gasteiger partial charge < -0.3 is 10.0 Å². The van der Waals surface area contributed by atoms with Gasteiger partial charge in [0, 0.05) is 46.6 Å². The maximum Gasteiger partial charge on any atom is 0.336 e. The van der Waals surface area contributed by atoms with E-state index in [2.05, 4.69) is 27.2 Å². The molecule has 0 spiro atoms. The number of nitrogens with one attached hydrogen (secondary N) is 1. The molecule has 1 saturated heterocycles. The van der Waals surface area contributed by atoms with Crippen LogP contribution in [0, 0.1) is 11.8 Å². The van der Waals surface area contributed by atoms with Crippen LogP contribution in [0.3, 0.4) is 0 Å². The summed E-state index contributed by atoms with van der Waals surface area (Å²) in [5.74, 6) is 9.68. The lowest BCUT2D eigenvalue weighted by molar-refractivity contribution is -0.126. The average Bonchev–Trinajstić information content (AvgIpc) is 2.99. The van der Waals surface area contributed by atoms with Crippen LogP contribution in [0.4, 0.5) is 0 Å². The summed E-state index contributed by atoms with van der Waals surface area (Å²) in [6.07, 6.45) is 5.28. The van der Waals surface area contributed by atoms with Gasteiger partial charge in [-0.25, -0.2) is 15.6 Å². The second-order valence-electron chi connectivity index (χ2n) is 9.29. The first kappa shape index (κ1) is 26.8. The van der Waals surface area contributed by atoms with Crippen molar-refractivity contribution in [3.8, 4) is 23.1 Å². The number of halogens is 1. The van der Waals surface area contributed by atoms with Crippen molar-refractivity contribution in [2.45, 2.75) is 25.3 Å². The molecule has 0 aliphatic carbocycles. The number of carbonyl (C=O) groups is 3. The molecule has 10 heteroatoms. The van der Waals surface area contributed by atoms with E-state index in [0.717, 1.165) is 18.4 Å². The number of likely N-dealkylation sites (tertiary alicyclic amines) is 1. The minimum Gasteiger partial charge on any atom is -0.478 e. The summed E-state index contributed by atoms with van der Waals surface area (Å²) in [5.41, 5.74) is 5.73. The average molecular weight is 554 g/mol. The van der Waals surface area contributed by atoms with Gasteiger partial charge in [-0.15, -0.1) is 0 Å².